The van der Waals surface area contributed by atoms with Crippen molar-refractivity contribution in [3.8, 4) is 0 Å². The van der Waals surface area contributed by atoms with Crippen molar-refractivity contribution in [3.63, 3.8) is 0 Å². The second-order valence-corrected chi connectivity index (χ2v) is 5.96. The van der Waals surface area contributed by atoms with Gasteiger partial charge < -0.3 is 4.90 Å². The van der Waals surface area contributed by atoms with Crippen molar-refractivity contribution < 1.29 is 9.59 Å². The molecule has 0 N–H and O–H groups in total. The molecule has 2 rings (SSSR count). The van der Waals surface area contributed by atoms with Crippen LogP contribution in [0.1, 0.15) is 64.2 Å². The van der Waals surface area contributed by atoms with Gasteiger partial charge in [0.2, 0.25) is 5.91 Å². The number of amides is 1. The van der Waals surface area contributed by atoms with Gasteiger partial charge in [0, 0.05) is 32.4 Å². The van der Waals surface area contributed by atoms with Gasteiger partial charge in [0.25, 0.3) is 0 Å². The van der Waals surface area contributed by atoms with Gasteiger partial charge in [-0.3, -0.25) is 9.59 Å². The molecule has 0 heterocycles. The fraction of sp³-hybridized carbons (Fsp3) is 0.867. The third-order valence-electron chi connectivity index (χ3n) is 4.70. The first kappa shape index (κ1) is 13.6. The van der Waals surface area contributed by atoms with Gasteiger partial charge in [-0.1, -0.05) is 25.7 Å². The largest absolute Gasteiger partial charge is 0.343 e. The molecule has 0 spiro atoms. The number of Topliss-reactive ketones (excluding diaryl/α,β-unsaturated/α-hetero) is 1. The van der Waals surface area contributed by atoms with Crippen molar-refractivity contribution in [1.29, 1.82) is 0 Å². The van der Waals surface area contributed by atoms with Crippen LogP contribution in [0.3, 0.4) is 0 Å². The van der Waals surface area contributed by atoms with Gasteiger partial charge in [0.1, 0.15) is 5.78 Å². The Labute approximate surface area is 110 Å². The molecule has 0 aromatic rings. The first-order valence-corrected chi connectivity index (χ1v) is 7.44. The molecule has 0 bridgehead atoms. The molecule has 2 saturated carbocycles. The smallest absolute Gasteiger partial charge is 0.222 e. The summed E-state index contributed by atoms with van der Waals surface area (Å²) in [5.41, 5.74) is 0. The normalized spacial score (nSPS) is 22.4. The van der Waals surface area contributed by atoms with Crippen LogP contribution in [-0.4, -0.2) is 29.7 Å². The molecule has 0 aliphatic heterocycles. The molecule has 102 valence electrons. The quantitative estimate of drug-likeness (QED) is 0.770. The summed E-state index contributed by atoms with van der Waals surface area (Å²) in [5, 5.41) is 0. The van der Waals surface area contributed by atoms with Gasteiger partial charge in [-0.05, 0) is 25.2 Å². The van der Waals surface area contributed by atoms with Crippen LogP contribution in [-0.2, 0) is 9.59 Å². The molecule has 2 aliphatic rings. The number of carbonyl (C=O) groups is 2. The highest BCUT2D eigenvalue weighted by atomic mass is 16.2. The highest BCUT2D eigenvalue weighted by Gasteiger charge is 2.25. The molecular weight excluding hydrogens is 226 g/mol. The monoisotopic (exact) mass is 251 g/mol. The molecule has 0 aromatic heterocycles. The summed E-state index contributed by atoms with van der Waals surface area (Å²) in [6.07, 6.45) is 10.1. The first-order valence-electron chi connectivity index (χ1n) is 7.44. The van der Waals surface area contributed by atoms with Crippen molar-refractivity contribution in [2.45, 2.75) is 70.3 Å². The van der Waals surface area contributed by atoms with Crippen molar-refractivity contribution in [1.82, 2.24) is 4.90 Å². The van der Waals surface area contributed by atoms with Crippen LogP contribution in [0.5, 0.6) is 0 Å². The van der Waals surface area contributed by atoms with E-state index in [0.29, 0.717) is 31.1 Å². The van der Waals surface area contributed by atoms with Crippen molar-refractivity contribution in [2.75, 3.05) is 7.05 Å². The summed E-state index contributed by atoms with van der Waals surface area (Å²) in [7, 11) is 1.91. The molecule has 3 heteroatoms. The Morgan fingerprint density at radius 2 is 1.78 bits per heavy atom. The molecule has 18 heavy (non-hydrogen) atoms. The van der Waals surface area contributed by atoms with E-state index in [1.54, 1.807) is 0 Å². The third-order valence-corrected chi connectivity index (χ3v) is 4.70. The lowest BCUT2D eigenvalue weighted by Gasteiger charge is -2.31. The Morgan fingerprint density at radius 1 is 1.17 bits per heavy atom. The summed E-state index contributed by atoms with van der Waals surface area (Å²) in [6.45, 7) is 0. The molecule has 0 radical (unpaired) electrons. The number of carbonyl (C=O) groups excluding carboxylic acids is 2. The molecule has 0 atom stereocenters. The van der Waals surface area contributed by atoms with Gasteiger partial charge in [0.15, 0.2) is 0 Å². The Bertz CT molecular complexity index is 298. The molecule has 0 aromatic carbocycles. The fourth-order valence-corrected chi connectivity index (χ4v) is 3.32. The van der Waals surface area contributed by atoms with Crippen LogP contribution >= 0.6 is 0 Å². The Morgan fingerprint density at radius 3 is 2.39 bits per heavy atom. The maximum Gasteiger partial charge on any atom is 0.222 e. The number of hydrogen-bond donors (Lipinski definition) is 0. The SMILES string of the molecule is CN(C(=O)CCC1CCCC1)C1CCC(=O)CC1. The van der Waals surface area contributed by atoms with Crippen LogP contribution in [0.25, 0.3) is 0 Å². The number of nitrogens with zero attached hydrogens (tertiary/aromatic N) is 1. The summed E-state index contributed by atoms with van der Waals surface area (Å²) in [5.74, 6) is 1.43. The average molecular weight is 251 g/mol. The van der Waals surface area contributed by atoms with E-state index in [0.717, 1.165) is 25.2 Å². The van der Waals surface area contributed by atoms with Gasteiger partial charge in [-0.2, -0.15) is 0 Å². The van der Waals surface area contributed by atoms with Gasteiger partial charge >= 0.3 is 0 Å². The predicted molar refractivity (Wildman–Crippen MR) is 71.2 cm³/mol. The molecule has 0 unspecified atom stereocenters. The van der Waals surface area contributed by atoms with E-state index in [4.69, 9.17) is 0 Å². The van der Waals surface area contributed by atoms with E-state index in [1.165, 1.54) is 25.7 Å². The van der Waals surface area contributed by atoms with Gasteiger partial charge in [-0.15, -0.1) is 0 Å². The van der Waals surface area contributed by atoms with Crippen molar-refractivity contribution in [3.05, 3.63) is 0 Å². The van der Waals surface area contributed by atoms with Crippen molar-refractivity contribution >= 4 is 11.7 Å². The van der Waals surface area contributed by atoms with Gasteiger partial charge in [-0.25, -0.2) is 0 Å². The zero-order valence-corrected chi connectivity index (χ0v) is 11.5. The average Bonchev–Trinajstić information content (AvgIpc) is 2.89. The van der Waals surface area contributed by atoms with Crippen molar-refractivity contribution in [2.24, 2.45) is 5.92 Å². The molecular formula is C15H25NO2. The molecule has 1 amide bonds. The van der Waals surface area contributed by atoms with E-state index in [-0.39, 0.29) is 5.91 Å². The van der Waals surface area contributed by atoms with Crippen LogP contribution in [0.4, 0.5) is 0 Å². The van der Waals surface area contributed by atoms with E-state index in [1.807, 2.05) is 11.9 Å². The Hall–Kier alpha value is -0.860. The standard InChI is InChI=1S/C15H25NO2/c1-16(13-7-9-14(17)10-8-13)15(18)11-6-12-4-2-3-5-12/h12-13H,2-11H2,1H3. The fourth-order valence-electron chi connectivity index (χ4n) is 3.32. The molecule has 2 aliphatic carbocycles. The zero-order valence-electron chi connectivity index (χ0n) is 11.5. The van der Waals surface area contributed by atoms with E-state index < -0.39 is 0 Å². The summed E-state index contributed by atoms with van der Waals surface area (Å²) < 4.78 is 0. The lowest BCUT2D eigenvalue weighted by molar-refractivity contribution is -0.134. The van der Waals surface area contributed by atoms with Crippen LogP contribution in [0, 0.1) is 5.92 Å². The minimum Gasteiger partial charge on any atom is -0.343 e. The number of ketones is 1. The second-order valence-electron chi connectivity index (χ2n) is 5.96. The zero-order chi connectivity index (χ0) is 13.0. The maximum absolute atomic E-state index is 12.1. The summed E-state index contributed by atoms with van der Waals surface area (Å²) >= 11 is 0. The van der Waals surface area contributed by atoms with Crippen LogP contribution in [0.2, 0.25) is 0 Å². The second kappa shape index (κ2) is 6.35. The highest BCUT2D eigenvalue weighted by Crippen LogP contribution is 2.29. The number of hydrogen-bond acceptors (Lipinski definition) is 2. The molecule has 2 fully saturated rings. The van der Waals surface area contributed by atoms with Crippen LogP contribution in [0.15, 0.2) is 0 Å². The molecule has 3 nitrogen and oxygen atoms in total. The van der Waals surface area contributed by atoms with Gasteiger partial charge in [0.05, 0.1) is 0 Å². The predicted octanol–water partition coefficient (Wildman–Crippen LogP) is 2.93. The van der Waals surface area contributed by atoms with E-state index in [9.17, 15) is 9.59 Å². The lowest BCUT2D eigenvalue weighted by atomic mass is 9.93. The third kappa shape index (κ3) is 3.56. The van der Waals surface area contributed by atoms with Crippen LogP contribution < -0.4 is 0 Å². The number of rotatable bonds is 4. The van der Waals surface area contributed by atoms with E-state index in [2.05, 4.69) is 0 Å². The molecule has 0 saturated heterocycles. The highest BCUT2D eigenvalue weighted by molar-refractivity contribution is 5.80. The maximum atomic E-state index is 12.1. The lowest BCUT2D eigenvalue weighted by Crippen LogP contribution is -2.39. The summed E-state index contributed by atoms with van der Waals surface area (Å²) in [4.78, 5) is 25.2. The Balaban J connectivity index is 1.72. The topological polar surface area (TPSA) is 37.4 Å². The first-order chi connectivity index (χ1) is 8.66. The summed E-state index contributed by atoms with van der Waals surface area (Å²) in [6, 6.07) is 0.304. The van der Waals surface area contributed by atoms with E-state index >= 15 is 0 Å². The minimum atomic E-state index is 0.279. The Kier molecular flexibility index (Phi) is 4.79. The minimum absolute atomic E-state index is 0.279.